The molecule has 2 amide bonds. The minimum atomic E-state index is -0.701. The van der Waals surface area contributed by atoms with E-state index in [0.717, 1.165) is 5.06 Å². The van der Waals surface area contributed by atoms with E-state index in [1.165, 1.54) is 12.1 Å². The molecule has 0 aliphatic heterocycles. The van der Waals surface area contributed by atoms with Crippen LogP contribution in [0, 0.1) is 0 Å². The highest BCUT2D eigenvalue weighted by atomic mass is 35.5. The fourth-order valence-corrected chi connectivity index (χ4v) is 2.84. The van der Waals surface area contributed by atoms with Crippen LogP contribution in [-0.2, 0) is 4.74 Å². The van der Waals surface area contributed by atoms with Gasteiger partial charge in [-0.1, -0.05) is 23.2 Å². The number of nitrogens with one attached hydrogen (secondary N) is 1. The van der Waals surface area contributed by atoms with E-state index in [1.807, 2.05) is 0 Å². The average molecular weight is 453 g/mol. The summed E-state index contributed by atoms with van der Waals surface area (Å²) in [6.07, 6.45) is 0.0125. The van der Waals surface area contributed by atoms with E-state index in [9.17, 15) is 14.4 Å². The van der Waals surface area contributed by atoms with Crippen molar-refractivity contribution < 1.29 is 24.0 Å². The second-order valence-corrected chi connectivity index (χ2v) is 8.04. The summed E-state index contributed by atoms with van der Waals surface area (Å²) in [4.78, 5) is 41.0. The first-order valence-electron chi connectivity index (χ1n) is 9.08. The fraction of sp³-hybridized carbons (Fsp3) is 0.286. The molecular weight excluding hydrogens is 431 g/mol. The Morgan fingerprint density at radius 2 is 1.67 bits per heavy atom. The number of ether oxygens (including phenoxy) is 1. The number of amides is 2. The summed E-state index contributed by atoms with van der Waals surface area (Å²) in [6, 6.07) is 9.11. The maximum Gasteiger partial charge on any atom is 0.443 e. The van der Waals surface area contributed by atoms with Gasteiger partial charge in [-0.3, -0.25) is 9.59 Å². The molecule has 0 saturated carbocycles. The van der Waals surface area contributed by atoms with Crippen molar-refractivity contribution in [2.24, 2.45) is 0 Å². The number of hydroxylamine groups is 2. The highest BCUT2D eigenvalue weighted by Gasteiger charge is 2.25. The summed E-state index contributed by atoms with van der Waals surface area (Å²) in [6.45, 7) is 7.08. The number of anilines is 1. The first kappa shape index (κ1) is 23.5. The van der Waals surface area contributed by atoms with E-state index in [2.05, 4.69) is 5.32 Å². The number of halogens is 2. The molecule has 7 nitrogen and oxygen atoms in total. The van der Waals surface area contributed by atoms with Crippen molar-refractivity contribution in [3.63, 3.8) is 0 Å². The summed E-state index contributed by atoms with van der Waals surface area (Å²) in [5.41, 5.74) is 0.483. The lowest BCUT2D eigenvalue weighted by Gasteiger charge is -2.26. The molecule has 0 unspecified atom stereocenters. The zero-order valence-electron chi connectivity index (χ0n) is 17.0. The van der Waals surface area contributed by atoms with E-state index in [-0.39, 0.29) is 27.9 Å². The van der Waals surface area contributed by atoms with Gasteiger partial charge >= 0.3 is 6.09 Å². The lowest BCUT2D eigenvalue weighted by Crippen LogP contribution is -2.39. The molecule has 2 aromatic rings. The van der Waals surface area contributed by atoms with Crippen molar-refractivity contribution >= 4 is 47.2 Å². The van der Waals surface area contributed by atoms with Crippen LogP contribution in [-0.4, -0.2) is 35.5 Å². The predicted molar refractivity (Wildman–Crippen MR) is 115 cm³/mol. The molecule has 1 N–H and O–H groups in total. The van der Waals surface area contributed by atoms with E-state index in [4.69, 9.17) is 32.8 Å². The Labute approximate surface area is 184 Å². The molecule has 2 rings (SSSR count). The number of rotatable bonds is 6. The van der Waals surface area contributed by atoms with Gasteiger partial charge in [-0.25, -0.2) is 4.79 Å². The van der Waals surface area contributed by atoms with Crippen LogP contribution < -0.4 is 10.2 Å². The average Bonchev–Trinajstić information content (AvgIpc) is 2.66. The van der Waals surface area contributed by atoms with Gasteiger partial charge in [0.15, 0.2) is 5.75 Å². The van der Waals surface area contributed by atoms with Crippen LogP contribution in [0.2, 0.25) is 10.0 Å². The monoisotopic (exact) mass is 452 g/mol. The fourth-order valence-electron chi connectivity index (χ4n) is 2.28. The Morgan fingerprint density at radius 1 is 1.10 bits per heavy atom. The van der Waals surface area contributed by atoms with Crippen molar-refractivity contribution in [3.8, 4) is 5.75 Å². The van der Waals surface area contributed by atoms with Gasteiger partial charge in [-0.15, -0.1) is 5.06 Å². The minimum absolute atomic E-state index is 0.0259. The maximum absolute atomic E-state index is 12.5. The molecule has 0 aromatic heterocycles. The number of aldehydes is 1. The quantitative estimate of drug-likeness (QED) is 0.454. The standard InChI is InChI=1S/C21H22Cl2N2O5/c1-5-25(20(28)29-21(2,3)4)30-18-16(22)10-14(11-17(18)23)19(27)24-15-8-6-13(12-26)7-9-15/h6-12H,5H2,1-4H3,(H,24,27). The molecule has 2 aromatic carbocycles. The van der Waals surface area contributed by atoms with Crippen LogP contribution in [0.25, 0.3) is 0 Å². The number of carbonyl (C=O) groups excluding carboxylic acids is 3. The largest absolute Gasteiger partial charge is 0.443 e. The van der Waals surface area contributed by atoms with Crippen molar-refractivity contribution in [2.75, 3.05) is 11.9 Å². The van der Waals surface area contributed by atoms with Gasteiger partial charge in [-0.2, -0.15) is 0 Å². The van der Waals surface area contributed by atoms with Gasteiger partial charge < -0.3 is 14.9 Å². The highest BCUT2D eigenvalue weighted by Crippen LogP contribution is 2.35. The van der Waals surface area contributed by atoms with E-state index in [0.29, 0.717) is 17.5 Å². The van der Waals surface area contributed by atoms with Gasteiger partial charge in [0.2, 0.25) is 0 Å². The van der Waals surface area contributed by atoms with Crippen LogP contribution in [0.15, 0.2) is 36.4 Å². The number of carbonyl (C=O) groups is 3. The summed E-state index contributed by atoms with van der Waals surface area (Å²) < 4.78 is 5.28. The molecule has 0 bridgehead atoms. The molecule has 0 fully saturated rings. The second-order valence-electron chi connectivity index (χ2n) is 7.23. The molecule has 0 saturated heterocycles. The van der Waals surface area contributed by atoms with E-state index in [1.54, 1.807) is 52.0 Å². The molecule has 0 heterocycles. The summed E-state index contributed by atoms with van der Waals surface area (Å²) in [7, 11) is 0. The lowest BCUT2D eigenvalue weighted by atomic mass is 10.2. The smallest absolute Gasteiger partial charge is 0.442 e. The third kappa shape index (κ3) is 6.37. The molecule has 0 radical (unpaired) electrons. The lowest BCUT2D eigenvalue weighted by molar-refractivity contribution is -0.0692. The third-order valence-electron chi connectivity index (χ3n) is 3.65. The SMILES string of the molecule is CCN(Oc1c(Cl)cc(C(=O)Nc2ccc(C=O)cc2)cc1Cl)C(=O)OC(C)(C)C. The molecule has 0 aliphatic rings. The summed E-state index contributed by atoms with van der Waals surface area (Å²) in [5, 5.41) is 3.76. The number of hydrogen-bond acceptors (Lipinski definition) is 5. The van der Waals surface area contributed by atoms with Crippen molar-refractivity contribution in [3.05, 3.63) is 57.6 Å². The first-order valence-corrected chi connectivity index (χ1v) is 9.83. The van der Waals surface area contributed by atoms with Gasteiger partial charge in [0.1, 0.15) is 11.9 Å². The maximum atomic E-state index is 12.5. The number of nitrogens with zero attached hydrogens (tertiary/aromatic N) is 1. The predicted octanol–water partition coefficient (Wildman–Crippen LogP) is 5.61. The minimum Gasteiger partial charge on any atom is -0.442 e. The molecule has 0 aliphatic carbocycles. The molecule has 0 spiro atoms. The van der Waals surface area contributed by atoms with Crippen LogP contribution >= 0.6 is 23.2 Å². The molecule has 9 heteroatoms. The topological polar surface area (TPSA) is 84.9 Å². The van der Waals surface area contributed by atoms with Crippen LogP contribution in [0.4, 0.5) is 10.5 Å². The zero-order chi connectivity index (χ0) is 22.5. The Balaban J connectivity index is 2.18. The van der Waals surface area contributed by atoms with Crippen molar-refractivity contribution in [1.29, 1.82) is 0 Å². The van der Waals surface area contributed by atoms with Crippen LogP contribution in [0.1, 0.15) is 48.4 Å². The Bertz CT molecular complexity index is 916. The number of hydrogen-bond donors (Lipinski definition) is 1. The Morgan fingerprint density at radius 3 is 2.13 bits per heavy atom. The van der Waals surface area contributed by atoms with Gasteiger partial charge in [0.25, 0.3) is 5.91 Å². The molecule has 0 atom stereocenters. The van der Waals surface area contributed by atoms with Crippen molar-refractivity contribution in [2.45, 2.75) is 33.3 Å². The van der Waals surface area contributed by atoms with Crippen molar-refractivity contribution in [1.82, 2.24) is 5.06 Å². The zero-order valence-corrected chi connectivity index (χ0v) is 18.5. The first-order chi connectivity index (χ1) is 14.0. The molecule has 160 valence electrons. The molecule has 30 heavy (non-hydrogen) atoms. The normalized spacial score (nSPS) is 10.9. The Hall–Kier alpha value is -2.77. The van der Waals surface area contributed by atoms with Gasteiger partial charge in [0.05, 0.1) is 16.6 Å². The second kappa shape index (κ2) is 9.82. The van der Waals surface area contributed by atoms with E-state index < -0.39 is 17.6 Å². The van der Waals surface area contributed by atoms with E-state index >= 15 is 0 Å². The third-order valence-corrected chi connectivity index (χ3v) is 4.21. The van der Waals surface area contributed by atoms with Gasteiger partial charge in [-0.05, 0) is 64.1 Å². The van der Waals surface area contributed by atoms with Crippen LogP contribution in [0.3, 0.4) is 0 Å². The summed E-state index contributed by atoms with van der Waals surface area (Å²) >= 11 is 12.5. The summed E-state index contributed by atoms with van der Waals surface area (Å²) in [5.74, 6) is -0.429. The number of benzene rings is 2. The van der Waals surface area contributed by atoms with Crippen LogP contribution in [0.5, 0.6) is 5.75 Å². The Kier molecular flexibility index (Phi) is 7.70. The molecular formula is C21H22Cl2N2O5. The van der Waals surface area contributed by atoms with Gasteiger partial charge in [0, 0.05) is 16.8 Å². The highest BCUT2D eigenvalue weighted by molar-refractivity contribution is 6.37.